The predicted molar refractivity (Wildman–Crippen MR) is 100 cm³/mol. The Balaban J connectivity index is 1.87. The van der Waals surface area contributed by atoms with Gasteiger partial charge in [-0.1, -0.05) is 12.1 Å². The lowest BCUT2D eigenvalue weighted by Crippen LogP contribution is -2.46. The molecule has 2 atom stereocenters. The predicted octanol–water partition coefficient (Wildman–Crippen LogP) is 1.75. The van der Waals surface area contributed by atoms with Crippen LogP contribution in [0.1, 0.15) is 31.1 Å². The smallest absolute Gasteiger partial charge is 0.219 e. The molecule has 0 radical (unpaired) electrons. The summed E-state index contributed by atoms with van der Waals surface area (Å²) in [4.78, 5) is 22.6. The number of hydrogen-bond donors (Lipinski definition) is 4. The molecule has 0 unspecified atom stereocenters. The average molecular weight is 386 g/mol. The molecule has 8 heteroatoms. The van der Waals surface area contributed by atoms with Crippen LogP contribution in [0.3, 0.4) is 0 Å². The molecular formula is C20H22N2O6. The third kappa shape index (κ3) is 4.46. The van der Waals surface area contributed by atoms with Crippen molar-refractivity contribution >= 4 is 11.8 Å². The Bertz CT molecular complexity index is 898. The van der Waals surface area contributed by atoms with Crippen molar-refractivity contribution in [2.24, 2.45) is 0 Å². The summed E-state index contributed by atoms with van der Waals surface area (Å²) < 4.78 is 12.0. The first-order valence-electron chi connectivity index (χ1n) is 8.83. The van der Waals surface area contributed by atoms with Crippen molar-refractivity contribution in [3.05, 3.63) is 47.5 Å². The zero-order valence-corrected chi connectivity index (χ0v) is 15.6. The number of phenols is 2. The van der Waals surface area contributed by atoms with Crippen molar-refractivity contribution in [3.8, 4) is 23.0 Å². The summed E-state index contributed by atoms with van der Waals surface area (Å²) in [5.41, 5.74) is 1.48. The van der Waals surface area contributed by atoms with E-state index in [2.05, 4.69) is 10.6 Å². The standard InChI is InChI=1S/C20H22N2O6/c1-11(23)21-8-7-13-3-6-17-18(9-13)27-19(20(28-17)22-12(2)24)14-4-5-15(25)16(26)10-14/h3-6,9-10,19-20,25-26H,7-8H2,1-2H3,(H,21,23)(H,22,24)/t19-,20+/m1/s1. The van der Waals surface area contributed by atoms with Gasteiger partial charge in [-0.2, -0.15) is 0 Å². The summed E-state index contributed by atoms with van der Waals surface area (Å²) in [6, 6.07) is 9.72. The Morgan fingerprint density at radius 1 is 0.964 bits per heavy atom. The van der Waals surface area contributed by atoms with Gasteiger partial charge in [0.2, 0.25) is 18.0 Å². The van der Waals surface area contributed by atoms with Crippen LogP contribution < -0.4 is 20.1 Å². The molecule has 3 rings (SSSR count). The zero-order valence-electron chi connectivity index (χ0n) is 15.6. The lowest BCUT2D eigenvalue weighted by molar-refractivity contribution is -0.124. The largest absolute Gasteiger partial charge is 0.504 e. The first-order chi connectivity index (χ1) is 13.3. The number of nitrogens with one attached hydrogen (secondary N) is 2. The molecule has 0 saturated carbocycles. The Kier molecular flexibility index (Phi) is 5.58. The van der Waals surface area contributed by atoms with E-state index in [1.54, 1.807) is 12.1 Å². The lowest BCUT2D eigenvalue weighted by Gasteiger charge is -2.34. The number of aromatic hydroxyl groups is 2. The Hall–Kier alpha value is -3.42. The number of carbonyl (C=O) groups is 2. The van der Waals surface area contributed by atoms with Gasteiger partial charge in [0.05, 0.1) is 0 Å². The first-order valence-corrected chi connectivity index (χ1v) is 8.83. The number of hydrogen-bond acceptors (Lipinski definition) is 6. The third-order valence-electron chi connectivity index (χ3n) is 4.25. The van der Waals surface area contributed by atoms with E-state index in [1.807, 2.05) is 12.1 Å². The second-order valence-corrected chi connectivity index (χ2v) is 6.54. The van der Waals surface area contributed by atoms with E-state index in [0.717, 1.165) is 5.56 Å². The van der Waals surface area contributed by atoms with Crippen LogP contribution in [0.4, 0.5) is 0 Å². The average Bonchev–Trinajstić information content (AvgIpc) is 2.63. The van der Waals surface area contributed by atoms with Crippen LogP contribution in [0.5, 0.6) is 23.0 Å². The van der Waals surface area contributed by atoms with Gasteiger partial charge in [-0.15, -0.1) is 0 Å². The molecule has 148 valence electrons. The van der Waals surface area contributed by atoms with Gasteiger partial charge in [-0.25, -0.2) is 0 Å². The molecule has 0 spiro atoms. The number of fused-ring (bicyclic) bond motifs is 1. The Morgan fingerprint density at radius 2 is 1.75 bits per heavy atom. The lowest BCUT2D eigenvalue weighted by atomic mass is 10.0. The van der Waals surface area contributed by atoms with E-state index in [1.165, 1.54) is 26.0 Å². The highest BCUT2D eigenvalue weighted by atomic mass is 16.6. The molecule has 0 fully saturated rings. The molecule has 0 aliphatic carbocycles. The molecule has 4 N–H and O–H groups in total. The summed E-state index contributed by atoms with van der Waals surface area (Å²) in [6.07, 6.45) is -0.914. The van der Waals surface area contributed by atoms with Crippen LogP contribution in [0.25, 0.3) is 0 Å². The summed E-state index contributed by atoms with van der Waals surface area (Å²) in [5.74, 6) is 0.0235. The van der Waals surface area contributed by atoms with Crippen LogP contribution in [0.2, 0.25) is 0 Å². The molecular weight excluding hydrogens is 364 g/mol. The molecule has 0 aromatic heterocycles. The minimum Gasteiger partial charge on any atom is -0.504 e. The highest BCUT2D eigenvalue weighted by molar-refractivity contribution is 5.73. The van der Waals surface area contributed by atoms with E-state index in [4.69, 9.17) is 9.47 Å². The van der Waals surface area contributed by atoms with Gasteiger partial charge in [-0.05, 0) is 36.2 Å². The zero-order chi connectivity index (χ0) is 20.3. The maximum Gasteiger partial charge on any atom is 0.219 e. The monoisotopic (exact) mass is 386 g/mol. The molecule has 1 aliphatic heterocycles. The van der Waals surface area contributed by atoms with Gasteiger partial charge in [0.15, 0.2) is 29.1 Å². The van der Waals surface area contributed by atoms with Crippen LogP contribution >= 0.6 is 0 Å². The van der Waals surface area contributed by atoms with E-state index >= 15 is 0 Å². The molecule has 0 bridgehead atoms. The number of rotatable bonds is 5. The van der Waals surface area contributed by atoms with Gasteiger partial charge in [0, 0.05) is 26.0 Å². The van der Waals surface area contributed by atoms with E-state index in [0.29, 0.717) is 30.0 Å². The number of carbonyl (C=O) groups excluding carboxylic acids is 2. The highest BCUT2D eigenvalue weighted by Gasteiger charge is 2.34. The number of phenolic OH excluding ortho intramolecular Hbond substituents is 2. The van der Waals surface area contributed by atoms with Gasteiger partial charge < -0.3 is 30.3 Å². The van der Waals surface area contributed by atoms with Crippen molar-refractivity contribution in [2.45, 2.75) is 32.6 Å². The maximum absolute atomic E-state index is 11.6. The highest BCUT2D eigenvalue weighted by Crippen LogP contribution is 2.40. The Morgan fingerprint density at radius 3 is 2.43 bits per heavy atom. The van der Waals surface area contributed by atoms with E-state index in [-0.39, 0.29) is 23.3 Å². The van der Waals surface area contributed by atoms with Crippen molar-refractivity contribution in [1.82, 2.24) is 10.6 Å². The summed E-state index contributed by atoms with van der Waals surface area (Å²) in [6.45, 7) is 3.33. The second-order valence-electron chi connectivity index (χ2n) is 6.54. The summed E-state index contributed by atoms with van der Waals surface area (Å²) in [5, 5.41) is 24.8. The molecule has 2 amide bonds. The third-order valence-corrected chi connectivity index (χ3v) is 4.25. The fourth-order valence-corrected chi connectivity index (χ4v) is 2.94. The normalized spacial score (nSPS) is 17.6. The van der Waals surface area contributed by atoms with Gasteiger partial charge in [-0.3, -0.25) is 9.59 Å². The van der Waals surface area contributed by atoms with Crippen molar-refractivity contribution in [1.29, 1.82) is 0 Å². The molecule has 8 nitrogen and oxygen atoms in total. The van der Waals surface area contributed by atoms with Crippen LogP contribution in [-0.4, -0.2) is 34.8 Å². The topological polar surface area (TPSA) is 117 Å². The molecule has 2 aromatic rings. The molecule has 1 aliphatic rings. The second kappa shape index (κ2) is 8.08. The fraction of sp³-hybridized carbons (Fsp3) is 0.300. The number of ether oxygens (including phenoxy) is 2. The van der Waals surface area contributed by atoms with E-state index in [9.17, 15) is 19.8 Å². The fourth-order valence-electron chi connectivity index (χ4n) is 2.94. The van der Waals surface area contributed by atoms with Crippen molar-refractivity contribution in [2.75, 3.05) is 6.54 Å². The quantitative estimate of drug-likeness (QED) is 0.582. The SMILES string of the molecule is CC(=O)NCCc1ccc2c(c1)O[C@H](c1ccc(O)c(O)c1)[C@@H](NC(C)=O)O2. The van der Waals surface area contributed by atoms with Gasteiger partial charge in [0.25, 0.3) is 0 Å². The maximum atomic E-state index is 11.6. The molecule has 2 aromatic carbocycles. The van der Waals surface area contributed by atoms with Crippen molar-refractivity contribution < 1.29 is 29.3 Å². The molecule has 0 saturated heterocycles. The summed E-state index contributed by atoms with van der Waals surface area (Å²) >= 11 is 0. The van der Waals surface area contributed by atoms with Gasteiger partial charge in [0.1, 0.15) is 0 Å². The van der Waals surface area contributed by atoms with Crippen LogP contribution in [0, 0.1) is 0 Å². The van der Waals surface area contributed by atoms with Crippen LogP contribution in [0.15, 0.2) is 36.4 Å². The summed E-state index contributed by atoms with van der Waals surface area (Å²) in [7, 11) is 0. The minimum atomic E-state index is -0.806. The first kappa shape index (κ1) is 19.3. The number of benzene rings is 2. The van der Waals surface area contributed by atoms with E-state index < -0.39 is 12.3 Å². The molecule has 1 heterocycles. The Labute approximate surface area is 162 Å². The number of amides is 2. The van der Waals surface area contributed by atoms with Crippen LogP contribution in [-0.2, 0) is 16.0 Å². The van der Waals surface area contributed by atoms with Gasteiger partial charge >= 0.3 is 0 Å². The minimum absolute atomic E-state index is 0.0945. The molecule has 28 heavy (non-hydrogen) atoms. The van der Waals surface area contributed by atoms with Crippen molar-refractivity contribution in [3.63, 3.8) is 0 Å².